The van der Waals surface area contributed by atoms with Gasteiger partial charge in [0.25, 0.3) is 0 Å². The molecule has 0 aromatic heterocycles. The Balaban J connectivity index is 1.86. The predicted octanol–water partition coefficient (Wildman–Crippen LogP) is 4.09. The van der Waals surface area contributed by atoms with Gasteiger partial charge in [0.05, 0.1) is 0 Å². The highest BCUT2D eigenvalue weighted by Gasteiger charge is 2.24. The van der Waals surface area contributed by atoms with Crippen molar-refractivity contribution in [3.63, 3.8) is 0 Å². The van der Waals surface area contributed by atoms with E-state index in [9.17, 15) is 0 Å². The summed E-state index contributed by atoms with van der Waals surface area (Å²) < 4.78 is 0. The first-order chi connectivity index (χ1) is 7.93. The topological polar surface area (TPSA) is 0 Å². The van der Waals surface area contributed by atoms with Crippen molar-refractivity contribution < 1.29 is 0 Å². The van der Waals surface area contributed by atoms with Crippen molar-refractivity contribution in [2.24, 2.45) is 11.8 Å². The summed E-state index contributed by atoms with van der Waals surface area (Å²) in [5.41, 5.74) is 1.44. The van der Waals surface area contributed by atoms with Gasteiger partial charge in [-0.1, -0.05) is 66.8 Å². The van der Waals surface area contributed by atoms with Crippen molar-refractivity contribution in [3.8, 4) is 0 Å². The van der Waals surface area contributed by atoms with Crippen molar-refractivity contribution >= 4 is 0 Å². The monoisotopic (exact) mass is 208 g/mol. The average Bonchev–Trinajstić information content (AvgIpc) is 2.39. The summed E-state index contributed by atoms with van der Waals surface area (Å²) >= 11 is 0. The Hall–Kier alpha value is -1.56. The minimum atomic E-state index is 0.596. The fraction of sp³-hybridized carbons (Fsp3) is 0.250. The molecule has 0 aliphatic heterocycles. The van der Waals surface area contributed by atoms with Crippen LogP contribution in [0, 0.1) is 11.8 Å². The molecule has 1 unspecified atom stereocenters. The minimum Gasteiger partial charge on any atom is -0.0805 e. The summed E-state index contributed by atoms with van der Waals surface area (Å²) in [5.74, 6) is 1.92. The Labute approximate surface area is 97.0 Å². The molecule has 2 aliphatic rings. The first-order valence-electron chi connectivity index (χ1n) is 6.02. The summed E-state index contributed by atoms with van der Waals surface area (Å²) in [4.78, 5) is 0. The molecule has 80 valence electrons. The van der Waals surface area contributed by atoms with Gasteiger partial charge in [-0.15, -0.1) is 0 Å². The maximum Gasteiger partial charge on any atom is 0.00241 e. The molecule has 0 nitrogen and oxygen atoms in total. The SMILES string of the molecule is C1=C[C@@H]2C=CC(c3ccccc3)C[C@H]2C=C1. The number of hydrogen-bond donors (Lipinski definition) is 0. The molecule has 16 heavy (non-hydrogen) atoms. The van der Waals surface area contributed by atoms with Gasteiger partial charge in [0, 0.05) is 11.8 Å². The van der Waals surface area contributed by atoms with E-state index in [0.29, 0.717) is 17.8 Å². The van der Waals surface area contributed by atoms with Crippen LogP contribution in [0.1, 0.15) is 17.9 Å². The average molecular weight is 208 g/mol. The van der Waals surface area contributed by atoms with Crippen LogP contribution in [0.4, 0.5) is 0 Å². The van der Waals surface area contributed by atoms with Crippen LogP contribution in [-0.2, 0) is 0 Å². The summed E-state index contributed by atoms with van der Waals surface area (Å²) in [6, 6.07) is 10.8. The molecule has 0 heterocycles. The third-order valence-corrected chi connectivity index (χ3v) is 3.62. The normalized spacial score (nSPS) is 31.4. The molecule has 0 bridgehead atoms. The smallest absolute Gasteiger partial charge is 0.00241 e. The standard InChI is InChI=1S/C16H16/c1-2-6-13(7-3-1)16-11-10-14-8-4-5-9-15(14)12-16/h1-11,14-16H,12H2/t14-,15-,16?/m1/s1. The Morgan fingerprint density at radius 3 is 2.50 bits per heavy atom. The molecule has 0 saturated carbocycles. The molecular formula is C16H16. The number of allylic oxidation sites excluding steroid dienone is 6. The van der Waals surface area contributed by atoms with Crippen LogP contribution in [0.2, 0.25) is 0 Å². The maximum absolute atomic E-state index is 2.38. The van der Waals surface area contributed by atoms with Crippen molar-refractivity contribution in [1.82, 2.24) is 0 Å². The molecule has 1 aromatic rings. The van der Waals surface area contributed by atoms with E-state index in [2.05, 4.69) is 66.8 Å². The summed E-state index contributed by atoms with van der Waals surface area (Å²) in [6.07, 6.45) is 15.0. The number of rotatable bonds is 1. The summed E-state index contributed by atoms with van der Waals surface area (Å²) in [6.45, 7) is 0. The van der Waals surface area contributed by atoms with E-state index in [0.717, 1.165) is 0 Å². The fourth-order valence-corrected chi connectivity index (χ4v) is 2.69. The maximum atomic E-state index is 2.38. The van der Waals surface area contributed by atoms with Gasteiger partial charge in [-0.3, -0.25) is 0 Å². The summed E-state index contributed by atoms with van der Waals surface area (Å²) in [5, 5.41) is 0. The molecule has 2 aliphatic carbocycles. The Kier molecular flexibility index (Phi) is 2.49. The fourth-order valence-electron chi connectivity index (χ4n) is 2.69. The van der Waals surface area contributed by atoms with Crippen LogP contribution in [0.3, 0.4) is 0 Å². The van der Waals surface area contributed by atoms with Crippen LogP contribution in [0.5, 0.6) is 0 Å². The van der Waals surface area contributed by atoms with Crippen LogP contribution in [0.25, 0.3) is 0 Å². The molecule has 0 N–H and O–H groups in total. The first kappa shape index (κ1) is 9.65. The van der Waals surface area contributed by atoms with Gasteiger partial charge in [0.1, 0.15) is 0 Å². The van der Waals surface area contributed by atoms with Crippen molar-refractivity contribution in [2.75, 3.05) is 0 Å². The number of fused-ring (bicyclic) bond motifs is 1. The zero-order chi connectivity index (χ0) is 10.8. The van der Waals surface area contributed by atoms with Gasteiger partial charge in [0.15, 0.2) is 0 Å². The largest absolute Gasteiger partial charge is 0.0805 e. The van der Waals surface area contributed by atoms with Crippen molar-refractivity contribution in [1.29, 1.82) is 0 Å². The number of benzene rings is 1. The molecule has 1 aromatic carbocycles. The molecule has 0 saturated heterocycles. The van der Waals surface area contributed by atoms with E-state index in [1.807, 2.05) is 0 Å². The second-order valence-electron chi connectivity index (χ2n) is 4.65. The lowest BCUT2D eigenvalue weighted by molar-refractivity contribution is 0.460. The molecule has 0 radical (unpaired) electrons. The lowest BCUT2D eigenvalue weighted by atomic mass is 9.75. The summed E-state index contributed by atoms with van der Waals surface area (Å²) in [7, 11) is 0. The third kappa shape index (κ3) is 1.76. The molecule has 0 fully saturated rings. The first-order valence-corrected chi connectivity index (χ1v) is 6.02. The molecule has 0 amide bonds. The zero-order valence-corrected chi connectivity index (χ0v) is 9.29. The van der Waals surface area contributed by atoms with E-state index < -0.39 is 0 Å². The molecule has 3 atom stereocenters. The predicted molar refractivity (Wildman–Crippen MR) is 68.2 cm³/mol. The molecule has 3 rings (SSSR count). The Bertz CT molecular complexity index is 436. The van der Waals surface area contributed by atoms with E-state index in [1.54, 1.807) is 0 Å². The van der Waals surface area contributed by atoms with Gasteiger partial charge < -0.3 is 0 Å². The third-order valence-electron chi connectivity index (χ3n) is 3.62. The van der Waals surface area contributed by atoms with E-state index in [-0.39, 0.29) is 0 Å². The van der Waals surface area contributed by atoms with Crippen LogP contribution in [0.15, 0.2) is 66.8 Å². The Morgan fingerprint density at radius 2 is 1.62 bits per heavy atom. The molecular weight excluding hydrogens is 192 g/mol. The zero-order valence-electron chi connectivity index (χ0n) is 9.29. The van der Waals surface area contributed by atoms with E-state index in [1.165, 1.54) is 12.0 Å². The highest BCUT2D eigenvalue weighted by molar-refractivity contribution is 5.29. The molecule has 0 spiro atoms. The Morgan fingerprint density at radius 1 is 0.812 bits per heavy atom. The van der Waals surface area contributed by atoms with Crippen LogP contribution < -0.4 is 0 Å². The van der Waals surface area contributed by atoms with Gasteiger partial charge in [-0.25, -0.2) is 0 Å². The highest BCUT2D eigenvalue weighted by atomic mass is 14.3. The van der Waals surface area contributed by atoms with Gasteiger partial charge in [0.2, 0.25) is 0 Å². The van der Waals surface area contributed by atoms with Gasteiger partial charge in [-0.2, -0.15) is 0 Å². The second-order valence-corrected chi connectivity index (χ2v) is 4.65. The lowest BCUT2D eigenvalue weighted by Gasteiger charge is -2.29. The van der Waals surface area contributed by atoms with E-state index >= 15 is 0 Å². The van der Waals surface area contributed by atoms with E-state index in [4.69, 9.17) is 0 Å². The van der Waals surface area contributed by atoms with Crippen LogP contribution >= 0.6 is 0 Å². The number of hydrogen-bond acceptors (Lipinski definition) is 0. The quantitative estimate of drug-likeness (QED) is 0.610. The van der Waals surface area contributed by atoms with Crippen molar-refractivity contribution in [2.45, 2.75) is 12.3 Å². The second kappa shape index (κ2) is 4.13. The van der Waals surface area contributed by atoms with Crippen molar-refractivity contribution in [3.05, 3.63) is 72.4 Å². The van der Waals surface area contributed by atoms with Crippen LogP contribution in [-0.4, -0.2) is 0 Å². The lowest BCUT2D eigenvalue weighted by Crippen LogP contribution is -2.18. The van der Waals surface area contributed by atoms with Gasteiger partial charge >= 0.3 is 0 Å². The van der Waals surface area contributed by atoms with Gasteiger partial charge in [-0.05, 0) is 17.9 Å². The molecule has 0 heteroatoms. The highest BCUT2D eigenvalue weighted by Crippen LogP contribution is 2.37. The minimum absolute atomic E-state index is 0.596.